The van der Waals surface area contributed by atoms with Gasteiger partial charge in [-0.15, -0.1) is 0 Å². The van der Waals surface area contributed by atoms with Gasteiger partial charge in [0.05, 0.1) is 6.04 Å². The van der Waals surface area contributed by atoms with E-state index in [2.05, 4.69) is 15.6 Å². The molecule has 38 heavy (non-hydrogen) atoms. The van der Waals surface area contributed by atoms with Gasteiger partial charge in [-0.25, -0.2) is 4.79 Å². The summed E-state index contributed by atoms with van der Waals surface area (Å²) in [5, 5.41) is 16.0. The number of fused-ring (bicyclic) bond motifs is 1. The number of carboxylic acid groups (broad SMARTS) is 1. The Morgan fingerprint density at radius 3 is 2.61 bits per heavy atom. The summed E-state index contributed by atoms with van der Waals surface area (Å²) in [5.41, 5.74) is 7.87. The zero-order valence-electron chi connectivity index (χ0n) is 22.2. The number of nitrogens with one attached hydrogen (secondary N) is 3. The third kappa shape index (κ3) is 7.50. The van der Waals surface area contributed by atoms with Crippen LogP contribution in [0.1, 0.15) is 45.1 Å². The summed E-state index contributed by atoms with van der Waals surface area (Å²) >= 11 is 1.59. The lowest BCUT2D eigenvalue weighted by Crippen LogP contribution is -2.57. The van der Waals surface area contributed by atoms with Gasteiger partial charge in [0, 0.05) is 30.1 Å². The number of benzene rings is 1. The Labute approximate surface area is 227 Å². The van der Waals surface area contributed by atoms with Gasteiger partial charge in [-0.05, 0) is 55.2 Å². The predicted molar refractivity (Wildman–Crippen MR) is 149 cm³/mol. The van der Waals surface area contributed by atoms with Crippen molar-refractivity contribution in [1.82, 2.24) is 20.5 Å². The maximum atomic E-state index is 13.9. The number of nitrogens with zero attached hydrogens (tertiary/aromatic N) is 1. The fourth-order valence-corrected chi connectivity index (χ4v) is 5.33. The average Bonchev–Trinajstić information content (AvgIpc) is 3.53. The number of rotatable bonds is 13. The van der Waals surface area contributed by atoms with Crippen LogP contribution < -0.4 is 16.4 Å². The first-order valence-corrected chi connectivity index (χ1v) is 14.4. The first-order chi connectivity index (χ1) is 18.1. The number of aliphatic carboxylic acids is 1. The summed E-state index contributed by atoms with van der Waals surface area (Å²) < 4.78 is 0. The van der Waals surface area contributed by atoms with Gasteiger partial charge < -0.3 is 31.4 Å². The lowest BCUT2D eigenvalue weighted by Gasteiger charge is -2.30. The fraction of sp³-hybridized carbons (Fsp3) is 0.556. The van der Waals surface area contributed by atoms with Crippen LogP contribution in [-0.2, 0) is 25.6 Å². The molecule has 208 valence electrons. The molecule has 0 aliphatic carbocycles. The second-order valence-electron chi connectivity index (χ2n) is 10.2. The number of carbonyl (C=O) groups is 4. The average molecular weight is 546 g/mol. The Bertz CT molecular complexity index is 1140. The molecule has 4 unspecified atom stereocenters. The quantitative estimate of drug-likeness (QED) is 0.257. The number of thioether (sulfide) groups is 1. The van der Waals surface area contributed by atoms with Crippen LogP contribution in [0.15, 0.2) is 30.5 Å². The lowest BCUT2D eigenvalue weighted by atomic mass is 10.0. The third-order valence-electron chi connectivity index (χ3n) is 6.84. The molecule has 1 aromatic carbocycles. The fourth-order valence-electron chi connectivity index (χ4n) is 4.84. The molecule has 1 aromatic heterocycles. The molecule has 1 aliphatic rings. The van der Waals surface area contributed by atoms with Gasteiger partial charge in [0.25, 0.3) is 0 Å². The molecule has 11 heteroatoms. The van der Waals surface area contributed by atoms with Crippen molar-refractivity contribution in [2.45, 2.75) is 70.1 Å². The molecule has 0 radical (unpaired) electrons. The van der Waals surface area contributed by atoms with Crippen LogP contribution >= 0.6 is 11.8 Å². The number of nitrogens with two attached hydrogens (primary N) is 1. The number of aromatic amines is 1. The highest BCUT2D eigenvalue weighted by Crippen LogP contribution is 2.23. The normalized spacial score (nSPS) is 17.8. The zero-order chi connectivity index (χ0) is 27.8. The van der Waals surface area contributed by atoms with Crippen LogP contribution in [-0.4, -0.2) is 81.4 Å². The van der Waals surface area contributed by atoms with Crippen LogP contribution in [0.5, 0.6) is 0 Å². The van der Waals surface area contributed by atoms with Gasteiger partial charge in [-0.2, -0.15) is 11.8 Å². The molecule has 3 amide bonds. The molecule has 0 spiro atoms. The van der Waals surface area contributed by atoms with Crippen LogP contribution in [0.25, 0.3) is 10.9 Å². The number of aromatic nitrogens is 1. The molecule has 1 fully saturated rings. The highest BCUT2D eigenvalue weighted by atomic mass is 32.2. The second-order valence-corrected chi connectivity index (χ2v) is 11.2. The van der Waals surface area contributed by atoms with Crippen LogP contribution in [0, 0.1) is 5.92 Å². The van der Waals surface area contributed by atoms with E-state index in [0.717, 1.165) is 16.5 Å². The molecule has 10 nitrogen and oxygen atoms in total. The SMILES string of the molecule is CSCCC(N)C(=O)NC(Cc1c[nH]c2ccccc12)C(=O)N1CCCC1C(=O)NC(CC(C)C)C(=O)O. The summed E-state index contributed by atoms with van der Waals surface area (Å²) in [6, 6.07) is 4.18. The van der Waals surface area contributed by atoms with Gasteiger partial charge in [0.15, 0.2) is 0 Å². The molecule has 6 N–H and O–H groups in total. The van der Waals surface area contributed by atoms with E-state index in [0.29, 0.717) is 31.6 Å². The first-order valence-electron chi connectivity index (χ1n) is 13.1. The molecule has 4 atom stereocenters. The van der Waals surface area contributed by atoms with Gasteiger partial charge in [0.1, 0.15) is 18.1 Å². The summed E-state index contributed by atoms with van der Waals surface area (Å²) in [6.45, 7) is 4.11. The molecule has 0 bridgehead atoms. The van der Waals surface area contributed by atoms with Crippen molar-refractivity contribution >= 4 is 46.4 Å². The van der Waals surface area contributed by atoms with E-state index >= 15 is 0 Å². The topological polar surface area (TPSA) is 158 Å². The number of hydrogen-bond acceptors (Lipinski definition) is 6. The van der Waals surface area contributed by atoms with Crippen LogP contribution in [0.2, 0.25) is 0 Å². The number of amides is 3. The van der Waals surface area contributed by atoms with Crippen molar-refractivity contribution in [2.75, 3.05) is 18.6 Å². The molecule has 0 saturated carbocycles. The molecule has 2 heterocycles. The number of H-pyrrole nitrogens is 1. The zero-order valence-corrected chi connectivity index (χ0v) is 23.1. The lowest BCUT2D eigenvalue weighted by molar-refractivity contribution is -0.145. The van der Waals surface area contributed by atoms with E-state index in [1.54, 1.807) is 11.8 Å². The molecule has 2 aromatic rings. The monoisotopic (exact) mass is 545 g/mol. The predicted octanol–water partition coefficient (Wildman–Crippen LogP) is 1.88. The van der Waals surface area contributed by atoms with Gasteiger partial charge in [-0.3, -0.25) is 14.4 Å². The molecule has 1 aliphatic heterocycles. The highest BCUT2D eigenvalue weighted by molar-refractivity contribution is 7.98. The number of carbonyl (C=O) groups excluding carboxylic acids is 3. The Morgan fingerprint density at radius 2 is 1.92 bits per heavy atom. The second kappa shape index (κ2) is 13.7. The van der Waals surface area contributed by atoms with Gasteiger partial charge >= 0.3 is 5.97 Å². The van der Waals surface area contributed by atoms with Gasteiger partial charge in [0.2, 0.25) is 17.7 Å². The van der Waals surface area contributed by atoms with Crippen molar-refractivity contribution in [2.24, 2.45) is 11.7 Å². The van der Waals surface area contributed by atoms with Crippen LogP contribution in [0.3, 0.4) is 0 Å². The summed E-state index contributed by atoms with van der Waals surface area (Å²) in [6.07, 6.45) is 5.76. The Kier molecular flexibility index (Phi) is 10.6. The Balaban J connectivity index is 1.82. The Hall–Kier alpha value is -3.05. The third-order valence-corrected chi connectivity index (χ3v) is 7.49. The van der Waals surface area contributed by atoms with Crippen molar-refractivity contribution in [3.63, 3.8) is 0 Å². The van der Waals surface area contributed by atoms with Crippen molar-refractivity contribution in [3.05, 3.63) is 36.0 Å². The number of likely N-dealkylation sites (tertiary alicyclic amines) is 1. The minimum absolute atomic E-state index is 0.0730. The van der Waals surface area contributed by atoms with E-state index in [1.165, 1.54) is 4.90 Å². The van der Waals surface area contributed by atoms with E-state index < -0.39 is 42.0 Å². The highest BCUT2D eigenvalue weighted by Gasteiger charge is 2.39. The van der Waals surface area contributed by atoms with E-state index in [4.69, 9.17) is 5.73 Å². The molecular weight excluding hydrogens is 506 g/mol. The van der Waals surface area contributed by atoms with E-state index in [1.807, 2.05) is 50.6 Å². The van der Waals surface area contributed by atoms with Crippen molar-refractivity contribution in [3.8, 4) is 0 Å². The first kappa shape index (κ1) is 29.5. The number of hydrogen-bond donors (Lipinski definition) is 5. The van der Waals surface area contributed by atoms with E-state index in [-0.39, 0.29) is 24.7 Å². The summed E-state index contributed by atoms with van der Waals surface area (Å²) in [5.74, 6) is -1.60. The van der Waals surface area contributed by atoms with Crippen LogP contribution in [0.4, 0.5) is 0 Å². The molecule has 3 rings (SSSR count). The standard InChI is InChI=1S/C27H39N5O5S/c1-16(2)13-22(27(36)37)31-25(34)23-9-6-11-32(23)26(35)21(30-24(33)19(28)10-12-38-3)14-17-15-29-20-8-5-4-7-18(17)20/h4-5,7-8,15-16,19,21-23,29H,6,9-14,28H2,1-3H3,(H,30,33)(H,31,34)(H,36,37). The number of para-hydroxylation sites is 1. The largest absolute Gasteiger partial charge is 0.480 e. The smallest absolute Gasteiger partial charge is 0.326 e. The maximum Gasteiger partial charge on any atom is 0.326 e. The Morgan fingerprint density at radius 1 is 1.18 bits per heavy atom. The number of carboxylic acids is 1. The minimum atomic E-state index is -1.10. The summed E-state index contributed by atoms with van der Waals surface area (Å²) in [7, 11) is 0. The van der Waals surface area contributed by atoms with Crippen molar-refractivity contribution in [1.29, 1.82) is 0 Å². The van der Waals surface area contributed by atoms with Gasteiger partial charge in [-0.1, -0.05) is 32.0 Å². The molecule has 1 saturated heterocycles. The van der Waals surface area contributed by atoms with Crippen molar-refractivity contribution < 1.29 is 24.3 Å². The summed E-state index contributed by atoms with van der Waals surface area (Å²) in [4.78, 5) is 56.3. The maximum absolute atomic E-state index is 13.9. The minimum Gasteiger partial charge on any atom is -0.480 e. The van der Waals surface area contributed by atoms with E-state index in [9.17, 15) is 24.3 Å². The molecular formula is C27H39N5O5S.